The second kappa shape index (κ2) is 6.96. The summed E-state index contributed by atoms with van der Waals surface area (Å²) in [7, 11) is -2.88. The van der Waals surface area contributed by atoms with Gasteiger partial charge in [-0.15, -0.1) is 0 Å². The third-order valence-corrected chi connectivity index (χ3v) is 7.67. The Bertz CT molecular complexity index is 706. The predicted molar refractivity (Wildman–Crippen MR) is 97.0 cm³/mol. The second-order valence-electron chi connectivity index (χ2n) is 8.52. The number of β-amino-alcohol motifs (C(OH)–C–C–N with tert-alkyl or cyclic N) is 1. The van der Waals surface area contributed by atoms with Gasteiger partial charge in [0, 0.05) is 31.5 Å². The van der Waals surface area contributed by atoms with Gasteiger partial charge >= 0.3 is 0 Å². The van der Waals surface area contributed by atoms with E-state index in [1.165, 1.54) is 0 Å². The summed E-state index contributed by atoms with van der Waals surface area (Å²) in [6, 6.07) is -0.251. The van der Waals surface area contributed by atoms with Crippen molar-refractivity contribution in [1.29, 1.82) is 0 Å². The maximum Gasteiger partial charge on any atom is 0.225 e. The van der Waals surface area contributed by atoms with Crippen molar-refractivity contribution in [2.75, 3.05) is 24.6 Å². The molecule has 2 amide bonds. The summed E-state index contributed by atoms with van der Waals surface area (Å²) < 4.78 is 22.8. The van der Waals surface area contributed by atoms with Gasteiger partial charge < -0.3 is 15.3 Å². The highest BCUT2D eigenvalue weighted by atomic mass is 32.2. The van der Waals surface area contributed by atoms with E-state index >= 15 is 0 Å². The van der Waals surface area contributed by atoms with Crippen molar-refractivity contribution in [2.45, 2.75) is 51.7 Å². The number of aliphatic hydroxyl groups is 1. The van der Waals surface area contributed by atoms with Crippen molar-refractivity contribution in [2.24, 2.45) is 11.3 Å². The lowest BCUT2D eigenvalue weighted by molar-refractivity contribution is -0.147. The molecule has 3 fully saturated rings. The highest BCUT2D eigenvalue weighted by molar-refractivity contribution is 7.92. The average molecular weight is 384 g/mol. The normalized spacial score (nSPS) is 29.4. The lowest BCUT2D eigenvalue weighted by atomic mass is 9.63. The van der Waals surface area contributed by atoms with Crippen LogP contribution in [0.4, 0.5) is 0 Å². The monoisotopic (exact) mass is 384 g/mol. The van der Waals surface area contributed by atoms with E-state index in [-0.39, 0.29) is 47.2 Å². The minimum absolute atomic E-state index is 0.0257. The number of amides is 2. The van der Waals surface area contributed by atoms with Crippen LogP contribution in [0.15, 0.2) is 11.6 Å². The third kappa shape index (κ3) is 4.28. The van der Waals surface area contributed by atoms with Crippen LogP contribution < -0.4 is 5.32 Å². The number of carbonyl (C=O) groups is 2. The van der Waals surface area contributed by atoms with Crippen LogP contribution in [-0.4, -0.2) is 67.0 Å². The first kappa shape index (κ1) is 19.4. The number of likely N-dealkylation sites (tertiary alicyclic amines) is 1. The van der Waals surface area contributed by atoms with Crippen molar-refractivity contribution in [3.05, 3.63) is 11.6 Å². The maximum absolute atomic E-state index is 12.7. The fraction of sp³-hybridized carbons (Fsp3) is 0.778. The number of hydrogen-bond acceptors (Lipinski definition) is 5. The van der Waals surface area contributed by atoms with Crippen LogP contribution in [-0.2, 0) is 19.4 Å². The van der Waals surface area contributed by atoms with Crippen molar-refractivity contribution in [3.63, 3.8) is 0 Å². The van der Waals surface area contributed by atoms with Gasteiger partial charge in [0.2, 0.25) is 11.8 Å². The van der Waals surface area contributed by atoms with E-state index in [1.54, 1.807) is 4.90 Å². The van der Waals surface area contributed by atoms with E-state index < -0.39 is 15.9 Å². The van der Waals surface area contributed by atoms with Crippen LogP contribution in [0.5, 0.6) is 0 Å². The quantitative estimate of drug-likeness (QED) is 0.676. The first-order valence-electron chi connectivity index (χ1n) is 9.17. The van der Waals surface area contributed by atoms with Gasteiger partial charge in [-0.25, -0.2) is 8.42 Å². The molecule has 2 atom stereocenters. The first-order chi connectivity index (χ1) is 12.1. The number of allylic oxidation sites excluding steroid dienone is 1. The number of hydrogen-bond donors (Lipinski definition) is 2. The number of piperidine rings is 1. The SMILES string of the molecule is CC(C)=CCC(=O)NC1CC(O)CN(C(=O)C2CC3(C2)CS(=O)(=O)C3)C1. The van der Waals surface area contributed by atoms with Crippen molar-refractivity contribution in [1.82, 2.24) is 10.2 Å². The van der Waals surface area contributed by atoms with Crippen molar-refractivity contribution in [3.8, 4) is 0 Å². The summed E-state index contributed by atoms with van der Waals surface area (Å²) in [6.07, 6.45) is 3.17. The average Bonchev–Trinajstić information content (AvgIpc) is 2.46. The third-order valence-electron chi connectivity index (χ3n) is 5.56. The molecule has 0 aromatic heterocycles. The molecule has 7 nitrogen and oxygen atoms in total. The number of rotatable bonds is 4. The predicted octanol–water partition coefficient (Wildman–Crippen LogP) is 0.246. The summed E-state index contributed by atoms with van der Waals surface area (Å²) in [4.78, 5) is 26.3. The van der Waals surface area contributed by atoms with E-state index in [9.17, 15) is 23.1 Å². The molecular formula is C18H28N2O5S. The van der Waals surface area contributed by atoms with E-state index in [0.29, 0.717) is 32.2 Å². The van der Waals surface area contributed by atoms with E-state index in [0.717, 1.165) is 5.57 Å². The summed E-state index contributed by atoms with van der Waals surface area (Å²) in [5, 5.41) is 13.0. The highest BCUT2D eigenvalue weighted by Gasteiger charge is 2.58. The molecule has 3 aliphatic rings. The van der Waals surface area contributed by atoms with Crippen LogP contribution in [0.2, 0.25) is 0 Å². The van der Waals surface area contributed by atoms with Gasteiger partial charge in [0.1, 0.15) is 0 Å². The summed E-state index contributed by atoms with van der Waals surface area (Å²) in [5.41, 5.74) is 0.892. The summed E-state index contributed by atoms with van der Waals surface area (Å²) in [5.74, 6) is 0.116. The number of carbonyl (C=O) groups excluding carboxylic acids is 2. The van der Waals surface area contributed by atoms with Crippen LogP contribution >= 0.6 is 0 Å². The van der Waals surface area contributed by atoms with Crippen LogP contribution in [0.1, 0.15) is 39.5 Å². The molecule has 26 heavy (non-hydrogen) atoms. The maximum atomic E-state index is 12.7. The zero-order chi connectivity index (χ0) is 19.1. The molecule has 2 aliphatic heterocycles. The Morgan fingerprint density at radius 1 is 1.23 bits per heavy atom. The van der Waals surface area contributed by atoms with Gasteiger partial charge in [0.25, 0.3) is 0 Å². The van der Waals surface area contributed by atoms with Gasteiger partial charge in [-0.05, 0) is 38.5 Å². The highest BCUT2D eigenvalue weighted by Crippen LogP contribution is 2.53. The first-order valence-corrected chi connectivity index (χ1v) is 11.0. The summed E-state index contributed by atoms with van der Waals surface area (Å²) in [6.45, 7) is 4.53. The minimum atomic E-state index is -2.88. The molecule has 2 N–H and O–H groups in total. The second-order valence-corrected chi connectivity index (χ2v) is 10.6. The van der Waals surface area contributed by atoms with E-state index in [1.807, 2.05) is 19.9 Å². The number of nitrogens with one attached hydrogen (secondary N) is 1. The minimum Gasteiger partial charge on any atom is -0.391 e. The Balaban J connectivity index is 1.51. The number of aliphatic hydroxyl groups excluding tert-OH is 1. The van der Waals surface area contributed by atoms with Crippen molar-refractivity contribution < 1.29 is 23.1 Å². The molecule has 0 radical (unpaired) electrons. The number of sulfone groups is 1. The molecule has 0 bridgehead atoms. The fourth-order valence-electron chi connectivity index (χ4n) is 4.49. The molecule has 0 aromatic carbocycles. The number of nitrogens with zero attached hydrogens (tertiary/aromatic N) is 1. The molecule has 8 heteroatoms. The van der Waals surface area contributed by atoms with E-state index in [4.69, 9.17) is 0 Å². The zero-order valence-electron chi connectivity index (χ0n) is 15.4. The molecule has 1 saturated carbocycles. The van der Waals surface area contributed by atoms with Gasteiger partial charge in [-0.3, -0.25) is 9.59 Å². The zero-order valence-corrected chi connectivity index (χ0v) is 16.2. The fourth-order valence-corrected chi connectivity index (χ4v) is 6.74. The lowest BCUT2D eigenvalue weighted by Crippen LogP contribution is -2.61. The molecule has 3 rings (SSSR count). The largest absolute Gasteiger partial charge is 0.391 e. The molecule has 1 spiro atoms. The molecule has 146 valence electrons. The Hall–Kier alpha value is -1.41. The van der Waals surface area contributed by atoms with Crippen molar-refractivity contribution >= 4 is 21.7 Å². The van der Waals surface area contributed by atoms with Crippen LogP contribution in [0.3, 0.4) is 0 Å². The Labute approximate surface area is 154 Å². The molecule has 2 saturated heterocycles. The van der Waals surface area contributed by atoms with Gasteiger partial charge in [-0.2, -0.15) is 0 Å². The Morgan fingerprint density at radius 3 is 2.46 bits per heavy atom. The Kier molecular flexibility index (Phi) is 5.18. The smallest absolute Gasteiger partial charge is 0.225 e. The van der Waals surface area contributed by atoms with Crippen LogP contribution in [0, 0.1) is 11.3 Å². The molecule has 0 aromatic rings. The lowest BCUT2D eigenvalue weighted by Gasteiger charge is -2.53. The molecule has 1 aliphatic carbocycles. The molecule has 2 heterocycles. The van der Waals surface area contributed by atoms with Gasteiger partial charge in [0.15, 0.2) is 9.84 Å². The van der Waals surface area contributed by atoms with E-state index in [2.05, 4.69) is 5.32 Å². The Morgan fingerprint density at radius 2 is 1.88 bits per heavy atom. The topological polar surface area (TPSA) is 104 Å². The van der Waals surface area contributed by atoms with Gasteiger partial charge in [-0.1, -0.05) is 11.6 Å². The summed E-state index contributed by atoms with van der Waals surface area (Å²) >= 11 is 0. The molecular weight excluding hydrogens is 356 g/mol. The molecule has 2 unspecified atom stereocenters. The van der Waals surface area contributed by atoms with Crippen LogP contribution in [0.25, 0.3) is 0 Å². The standard InChI is InChI=1S/C18H28N2O5S/c1-12(2)3-4-16(22)19-14-5-15(21)9-20(8-14)17(23)13-6-18(7-13)10-26(24,25)11-18/h3,13-15,21H,4-11H2,1-2H3,(H,19,22). The van der Waals surface area contributed by atoms with Gasteiger partial charge in [0.05, 0.1) is 17.6 Å².